The monoisotopic (exact) mass is 323 g/mol. The van der Waals surface area contributed by atoms with Crippen LogP contribution in [0, 0.1) is 13.8 Å². The lowest BCUT2D eigenvalue weighted by Crippen LogP contribution is -2.21. The van der Waals surface area contributed by atoms with Gasteiger partial charge < -0.3 is 10.1 Å². The van der Waals surface area contributed by atoms with Gasteiger partial charge in [0.25, 0.3) is 5.91 Å². The number of anilines is 1. The summed E-state index contributed by atoms with van der Waals surface area (Å²) in [7, 11) is 0. The van der Waals surface area contributed by atoms with Crippen LogP contribution in [-0.2, 0) is 4.79 Å². The first-order valence-electron chi connectivity index (χ1n) is 6.41. The molecule has 21 heavy (non-hydrogen) atoms. The van der Waals surface area contributed by atoms with Gasteiger partial charge in [0.15, 0.2) is 6.61 Å². The highest BCUT2D eigenvalue weighted by Crippen LogP contribution is 2.27. The van der Waals surface area contributed by atoms with Gasteiger partial charge in [-0.2, -0.15) is 0 Å². The largest absolute Gasteiger partial charge is 0.482 e. The second-order valence-corrected chi connectivity index (χ2v) is 5.52. The number of nitrogens with one attached hydrogen (secondary N) is 1. The van der Waals surface area contributed by atoms with Gasteiger partial charge in [0.05, 0.1) is 15.7 Å². The molecule has 0 atom stereocenters. The maximum Gasteiger partial charge on any atom is 0.262 e. The quantitative estimate of drug-likeness (QED) is 0.890. The van der Waals surface area contributed by atoms with Crippen LogP contribution in [0.3, 0.4) is 0 Å². The first-order valence-corrected chi connectivity index (χ1v) is 7.17. The van der Waals surface area contributed by atoms with Crippen LogP contribution in [-0.4, -0.2) is 12.5 Å². The number of aryl methyl sites for hydroxylation is 2. The summed E-state index contributed by atoms with van der Waals surface area (Å²) in [5.74, 6) is 0.185. The fraction of sp³-hybridized carbons (Fsp3) is 0.188. The van der Waals surface area contributed by atoms with E-state index in [0.29, 0.717) is 21.5 Å². The zero-order chi connectivity index (χ0) is 15.4. The number of hydrogen-bond acceptors (Lipinski definition) is 2. The molecule has 2 rings (SSSR count). The third-order valence-electron chi connectivity index (χ3n) is 2.89. The fourth-order valence-corrected chi connectivity index (χ4v) is 2.51. The lowest BCUT2D eigenvalue weighted by Gasteiger charge is -2.12. The molecule has 5 heteroatoms. The average Bonchev–Trinajstić information content (AvgIpc) is 2.42. The topological polar surface area (TPSA) is 38.3 Å². The lowest BCUT2D eigenvalue weighted by atomic mass is 10.1. The second-order valence-electron chi connectivity index (χ2n) is 4.71. The zero-order valence-electron chi connectivity index (χ0n) is 11.7. The third kappa shape index (κ3) is 4.13. The maximum atomic E-state index is 11.9. The van der Waals surface area contributed by atoms with Crippen LogP contribution in [0.25, 0.3) is 0 Å². The normalized spacial score (nSPS) is 10.3. The van der Waals surface area contributed by atoms with Gasteiger partial charge in [-0.3, -0.25) is 4.79 Å². The van der Waals surface area contributed by atoms with Gasteiger partial charge in [0, 0.05) is 0 Å². The standard InChI is InChI=1S/C16H15Cl2NO2/c1-10-7-11(2)16(13(18)8-10)19-15(20)9-21-14-6-4-3-5-12(14)17/h3-8H,9H2,1-2H3,(H,19,20). The Balaban J connectivity index is 2.01. The number of ether oxygens (including phenoxy) is 1. The molecule has 0 saturated carbocycles. The Bertz CT molecular complexity index is 648. The van der Waals surface area contributed by atoms with Crippen LogP contribution in [0.15, 0.2) is 36.4 Å². The van der Waals surface area contributed by atoms with Crippen molar-refractivity contribution in [1.82, 2.24) is 0 Å². The van der Waals surface area contributed by atoms with Crippen LogP contribution in [0.5, 0.6) is 5.75 Å². The SMILES string of the molecule is Cc1cc(C)c(NC(=O)COc2ccccc2Cl)c(Cl)c1. The summed E-state index contributed by atoms with van der Waals surface area (Å²) in [6, 6.07) is 10.8. The Morgan fingerprint density at radius 1 is 1.14 bits per heavy atom. The molecule has 0 aliphatic heterocycles. The Morgan fingerprint density at radius 3 is 2.52 bits per heavy atom. The minimum absolute atomic E-state index is 0.132. The van der Waals surface area contributed by atoms with Gasteiger partial charge in [-0.1, -0.05) is 41.4 Å². The molecule has 0 aromatic heterocycles. The second kappa shape index (κ2) is 6.83. The third-order valence-corrected chi connectivity index (χ3v) is 3.50. The number of hydrogen-bond donors (Lipinski definition) is 1. The van der Waals surface area contributed by atoms with Crippen molar-refractivity contribution in [2.75, 3.05) is 11.9 Å². The number of carbonyl (C=O) groups is 1. The van der Waals surface area contributed by atoms with Gasteiger partial charge in [0.2, 0.25) is 0 Å². The number of benzene rings is 2. The van der Waals surface area contributed by atoms with Crippen LogP contribution >= 0.6 is 23.2 Å². The van der Waals surface area contributed by atoms with Gasteiger partial charge in [-0.15, -0.1) is 0 Å². The molecule has 0 saturated heterocycles. The van der Waals surface area contributed by atoms with E-state index in [1.165, 1.54) is 0 Å². The van der Waals surface area contributed by atoms with E-state index in [4.69, 9.17) is 27.9 Å². The average molecular weight is 324 g/mol. The molecule has 0 spiro atoms. The molecule has 0 radical (unpaired) electrons. The Labute approximate surface area is 133 Å². The molecule has 0 aliphatic rings. The van der Waals surface area contributed by atoms with Crippen molar-refractivity contribution in [1.29, 1.82) is 0 Å². The molecule has 0 heterocycles. The van der Waals surface area contributed by atoms with Crippen molar-refractivity contribution in [3.05, 3.63) is 57.6 Å². The molecule has 1 amide bonds. The summed E-state index contributed by atoms with van der Waals surface area (Å²) in [6.45, 7) is 3.71. The van der Waals surface area contributed by atoms with Crippen molar-refractivity contribution < 1.29 is 9.53 Å². The van der Waals surface area contributed by atoms with E-state index in [9.17, 15) is 4.79 Å². The summed E-state index contributed by atoms with van der Waals surface area (Å²) in [5, 5.41) is 3.74. The maximum absolute atomic E-state index is 11.9. The molecular formula is C16H15Cl2NO2. The molecule has 0 bridgehead atoms. The molecule has 0 unspecified atom stereocenters. The zero-order valence-corrected chi connectivity index (χ0v) is 13.3. The highest BCUT2D eigenvalue weighted by molar-refractivity contribution is 6.34. The summed E-state index contributed by atoms with van der Waals surface area (Å²) in [4.78, 5) is 11.9. The molecule has 3 nitrogen and oxygen atoms in total. The molecule has 0 fully saturated rings. The number of carbonyl (C=O) groups excluding carboxylic acids is 1. The van der Waals surface area contributed by atoms with Crippen molar-refractivity contribution >= 4 is 34.8 Å². The number of rotatable bonds is 4. The van der Waals surface area contributed by atoms with Crippen molar-refractivity contribution in [2.45, 2.75) is 13.8 Å². The summed E-state index contributed by atoms with van der Waals surface area (Å²) < 4.78 is 5.39. The van der Waals surface area contributed by atoms with Crippen LogP contribution in [0.4, 0.5) is 5.69 Å². The number of halogens is 2. The fourth-order valence-electron chi connectivity index (χ4n) is 1.95. The van der Waals surface area contributed by atoms with Crippen molar-refractivity contribution in [2.24, 2.45) is 0 Å². The van der Waals surface area contributed by atoms with Crippen LogP contribution < -0.4 is 10.1 Å². The van der Waals surface area contributed by atoms with Crippen molar-refractivity contribution in [3.63, 3.8) is 0 Å². The Morgan fingerprint density at radius 2 is 1.86 bits per heavy atom. The molecule has 2 aromatic rings. The number of amides is 1. The molecule has 2 aromatic carbocycles. The number of para-hydroxylation sites is 1. The molecule has 110 valence electrons. The van der Waals surface area contributed by atoms with Gasteiger partial charge in [-0.25, -0.2) is 0 Å². The Kier molecular flexibility index (Phi) is 5.10. The highest BCUT2D eigenvalue weighted by atomic mass is 35.5. The Hall–Kier alpha value is -1.71. The first-order chi connectivity index (χ1) is 9.97. The highest BCUT2D eigenvalue weighted by Gasteiger charge is 2.10. The smallest absolute Gasteiger partial charge is 0.262 e. The van der Waals surface area contributed by atoms with E-state index in [-0.39, 0.29) is 12.5 Å². The van der Waals surface area contributed by atoms with E-state index in [1.807, 2.05) is 19.9 Å². The van der Waals surface area contributed by atoms with Crippen LogP contribution in [0.2, 0.25) is 10.0 Å². The van der Waals surface area contributed by atoms with Crippen LogP contribution in [0.1, 0.15) is 11.1 Å². The van der Waals surface area contributed by atoms with Gasteiger partial charge >= 0.3 is 0 Å². The lowest BCUT2D eigenvalue weighted by molar-refractivity contribution is -0.118. The summed E-state index contributed by atoms with van der Waals surface area (Å²) >= 11 is 12.1. The van der Waals surface area contributed by atoms with E-state index >= 15 is 0 Å². The minimum atomic E-state index is -0.288. The predicted molar refractivity (Wildman–Crippen MR) is 86.5 cm³/mol. The predicted octanol–water partition coefficient (Wildman–Crippen LogP) is 4.63. The summed E-state index contributed by atoms with van der Waals surface area (Å²) in [5.41, 5.74) is 2.56. The molecular weight excluding hydrogens is 309 g/mol. The van der Waals surface area contributed by atoms with E-state index in [2.05, 4.69) is 5.32 Å². The summed E-state index contributed by atoms with van der Waals surface area (Å²) in [6.07, 6.45) is 0. The molecule has 1 N–H and O–H groups in total. The van der Waals surface area contributed by atoms with Crippen molar-refractivity contribution in [3.8, 4) is 5.75 Å². The minimum Gasteiger partial charge on any atom is -0.482 e. The first kappa shape index (κ1) is 15.7. The van der Waals surface area contributed by atoms with E-state index in [1.54, 1.807) is 30.3 Å². The molecule has 0 aliphatic carbocycles. The van der Waals surface area contributed by atoms with E-state index < -0.39 is 0 Å². The van der Waals surface area contributed by atoms with E-state index in [0.717, 1.165) is 11.1 Å². The van der Waals surface area contributed by atoms with Gasteiger partial charge in [0.1, 0.15) is 5.75 Å². The van der Waals surface area contributed by atoms with Gasteiger partial charge in [-0.05, 0) is 43.2 Å².